The van der Waals surface area contributed by atoms with Crippen LogP contribution in [0.25, 0.3) is 5.57 Å². The predicted molar refractivity (Wildman–Crippen MR) is 108 cm³/mol. The van der Waals surface area contributed by atoms with Crippen LogP contribution in [0.1, 0.15) is 58.1 Å². The largest absolute Gasteiger partial charge is 0.335 e. The van der Waals surface area contributed by atoms with Gasteiger partial charge in [-0.1, -0.05) is 52.0 Å². The lowest BCUT2D eigenvalue weighted by Gasteiger charge is -2.26. The molecule has 1 aliphatic rings. The van der Waals surface area contributed by atoms with Gasteiger partial charge in [0.05, 0.1) is 11.5 Å². The second-order valence-corrected chi connectivity index (χ2v) is 9.94. The Morgan fingerprint density at radius 2 is 1.81 bits per heavy atom. The number of rotatable bonds is 6. The van der Waals surface area contributed by atoms with E-state index in [9.17, 15) is 13.2 Å². The molecule has 1 heterocycles. The van der Waals surface area contributed by atoms with Gasteiger partial charge in [0.2, 0.25) is 5.91 Å². The van der Waals surface area contributed by atoms with Crippen molar-refractivity contribution >= 4 is 21.3 Å². The lowest BCUT2D eigenvalue weighted by Crippen LogP contribution is -2.40. The van der Waals surface area contributed by atoms with Crippen molar-refractivity contribution in [1.29, 1.82) is 0 Å². The molecule has 1 saturated heterocycles. The van der Waals surface area contributed by atoms with Crippen LogP contribution in [0.2, 0.25) is 0 Å². The Bertz CT molecular complexity index is 761. The molecule has 0 saturated carbocycles. The number of benzene rings is 1. The number of hydrogen-bond donors (Lipinski definition) is 0. The van der Waals surface area contributed by atoms with E-state index in [1.165, 1.54) is 5.56 Å². The van der Waals surface area contributed by atoms with Crippen LogP contribution >= 0.6 is 0 Å². The lowest BCUT2D eigenvalue weighted by molar-refractivity contribution is -0.127. The molecule has 2 rings (SSSR count). The minimum atomic E-state index is -3.01. The first kappa shape index (κ1) is 20.7. The molecule has 1 fully saturated rings. The van der Waals surface area contributed by atoms with Crippen LogP contribution in [0.15, 0.2) is 30.3 Å². The number of nitrogens with zero attached hydrogens (tertiary/aromatic N) is 1. The highest BCUT2D eigenvalue weighted by atomic mass is 32.2. The van der Waals surface area contributed by atoms with Gasteiger partial charge < -0.3 is 4.90 Å². The predicted octanol–water partition coefficient (Wildman–Crippen LogP) is 3.89. The SMILES string of the molecule is CCN(C(=O)/C=C(/c1ccc(C(C)C)cc1)C(C)C)C1CCS(=O)(=O)C1. The van der Waals surface area contributed by atoms with Gasteiger partial charge in [-0.05, 0) is 41.9 Å². The van der Waals surface area contributed by atoms with E-state index in [0.717, 1.165) is 11.1 Å². The van der Waals surface area contributed by atoms with Crippen molar-refractivity contribution in [3.63, 3.8) is 0 Å². The normalized spacial score (nSPS) is 20.0. The molecule has 1 atom stereocenters. The number of likely N-dealkylation sites (N-methyl/N-ethyl adjacent to an activating group) is 1. The van der Waals surface area contributed by atoms with Gasteiger partial charge in [-0.2, -0.15) is 0 Å². The first-order valence-corrected chi connectivity index (χ1v) is 11.3. The van der Waals surface area contributed by atoms with Gasteiger partial charge >= 0.3 is 0 Å². The number of carbonyl (C=O) groups excluding carboxylic acids is 1. The fourth-order valence-electron chi connectivity index (χ4n) is 3.47. The van der Waals surface area contributed by atoms with Crippen molar-refractivity contribution in [3.8, 4) is 0 Å². The number of amides is 1. The number of allylic oxidation sites excluding steroid dienone is 1. The average molecular weight is 378 g/mol. The zero-order valence-corrected chi connectivity index (χ0v) is 17.3. The zero-order valence-electron chi connectivity index (χ0n) is 16.5. The molecule has 0 spiro atoms. The van der Waals surface area contributed by atoms with E-state index < -0.39 is 9.84 Å². The van der Waals surface area contributed by atoms with E-state index in [2.05, 4.69) is 52.0 Å². The third kappa shape index (κ3) is 4.97. The standard InChI is InChI=1S/C21H31NO3S/c1-6-22(19-11-12-26(24,25)14-19)21(23)13-20(16(4)5)18-9-7-17(8-10-18)15(2)3/h7-10,13,15-16,19H,6,11-12,14H2,1-5H3/b20-13+. The smallest absolute Gasteiger partial charge is 0.247 e. The molecule has 0 N–H and O–H groups in total. The molecule has 4 nitrogen and oxygen atoms in total. The van der Waals surface area contributed by atoms with Gasteiger partial charge in [0, 0.05) is 18.7 Å². The minimum absolute atomic E-state index is 0.0838. The summed E-state index contributed by atoms with van der Waals surface area (Å²) in [5.41, 5.74) is 3.31. The maximum absolute atomic E-state index is 12.9. The molecular formula is C21H31NO3S. The molecule has 0 radical (unpaired) electrons. The molecule has 1 amide bonds. The molecule has 1 aromatic rings. The number of sulfone groups is 1. The van der Waals surface area contributed by atoms with E-state index in [4.69, 9.17) is 0 Å². The van der Waals surface area contributed by atoms with Crippen molar-refractivity contribution in [3.05, 3.63) is 41.5 Å². The van der Waals surface area contributed by atoms with Gasteiger partial charge in [0.15, 0.2) is 9.84 Å². The summed E-state index contributed by atoms with van der Waals surface area (Å²) in [5, 5.41) is 0. The van der Waals surface area contributed by atoms with Crippen molar-refractivity contribution in [2.75, 3.05) is 18.1 Å². The van der Waals surface area contributed by atoms with Crippen LogP contribution in [0, 0.1) is 5.92 Å². The molecule has 0 aromatic heterocycles. The fraction of sp³-hybridized carbons (Fsp3) is 0.571. The van der Waals surface area contributed by atoms with Crippen LogP contribution in [0.4, 0.5) is 0 Å². The fourth-order valence-corrected chi connectivity index (χ4v) is 5.21. The molecule has 5 heteroatoms. The first-order valence-electron chi connectivity index (χ1n) is 9.47. The molecule has 1 aromatic carbocycles. The van der Waals surface area contributed by atoms with E-state index in [-0.39, 0.29) is 29.4 Å². The minimum Gasteiger partial charge on any atom is -0.335 e. The summed E-state index contributed by atoms with van der Waals surface area (Å²) in [7, 11) is -3.01. The van der Waals surface area contributed by atoms with Crippen LogP contribution < -0.4 is 0 Å². The molecule has 0 aliphatic carbocycles. The summed E-state index contributed by atoms with van der Waals surface area (Å²) in [6, 6.07) is 8.17. The third-order valence-corrected chi connectivity index (χ3v) is 6.83. The van der Waals surface area contributed by atoms with Gasteiger partial charge in [-0.3, -0.25) is 4.79 Å². The Hall–Kier alpha value is -1.62. The van der Waals surface area contributed by atoms with Crippen LogP contribution in [0.3, 0.4) is 0 Å². The molecule has 1 unspecified atom stereocenters. The second-order valence-electron chi connectivity index (χ2n) is 7.71. The Labute approximate surface area is 158 Å². The number of hydrogen-bond acceptors (Lipinski definition) is 3. The van der Waals surface area contributed by atoms with Crippen molar-refractivity contribution < 1.29 is 13.2 Å². The molecule has 26 heavy (non-hydrogen) atoms. The quantitative estimate of drug-likeness (QED) is 0.707. The molecule has 0 bridgehead atoms. The molecule has 144 valence electrons. The Morgan fingerprint density at radius 1 is 1.19 bits per heavy atom. The van der Waals surface area contributed by atoms with E-state index in [1.807, 2.05) is 6.92 Å². The second kappa shape index (κ2) is 8.38. The zero-order chi connectivity index (χ0) is 19.5. The maximum atomic E-state index is 12.9. The van der Waals surface area contributed by atoms with Crippen LogP contribution in [0.5, 0.6) is 0 Å². The van der Waals surface area contributed by atoms with Crippen LogP contribution in [-0.4, -0.2) is 43.3 Å². The van der Waals surface area contributed by atoms with Gasteiger partial charge in [-0.25, -0.2) is 8.42 Å². The van der Waals surface area contributed by atoms with Gasteiger partial charge in [-0.15, -0.1) is 0 Å². The summed E-state index contributed by atoms with van der Waals surface area (Å²) in [5.74, 6) is 0.845. The highest BCUT2D eigenvalue weighted by molar-refractivity contribution is 7.91. The van der Waals surface area contributed by atoms with Crippen molar-refractivity contribution in [2.24, 2.45) is 5.92 Å². The molecular weight excluding hydrogens is 346 g/mol. The highest BCUT2D eigenvalue weighted by Gasteiger charge is 2.33. The Balaban J connectivity index is 2.27. The average Bonchev–Trinajstić information content (AvgIpc) is 2.92. The van der Waals surface area contributed by atoms with Gasteiger partial charge in [0.25, 0.3) is 0 Å². The van der Waals surface area contributed by atoms with E-state index in [1.54, 1.807) is 11.0 Å². The first-order chi connectivity index (χ1) is 12.1. The van der Waals surface area contributed by atoms with Crippen LogP contribution in [-0.2, 0) is 14.6 Å². The lowest BCUT2D eigenvalue weighted by atomic mass is 9.92. The topological polar surface area (TPSA) is 54.5 Å². The Kier molecular flexibility index (Phi) is 6.67. The highest BCUT2D eigenvalue weighted by Crippen LogP contribution is 2.26. The summed E-state index contributed by atoms with van der Waals surface area (Å²) in [4.78, 5) is 14.6. The summed E-state index contributed by atoms with van der Waals surface area (Å²) >= 11 is 0. The van der Waals surface area contributed by atoms with E-state index >= 15 is 0 Å². The third-order valence-electron chi connectivity index (χ3n) is 5.08. The molecule has 1 aliphatic heterocycles. The van der Waals surface area contributed by atoms with Gasteiger partial charge in [0.1, 0.15) is 0 Å². The van der Waals surface area contributed by atoms with Crippen molar-refractivity contribution in [1.82, 2.24) is 4.90 Å². The maximum Gasteiger partial charge on any atom is 0.247 e. The Morgan fingerprint density at radius 3 is 2.23 bits per heavy atom. The van der Waals surface area contributed by atoms with E-state index in [0.29, 0.717) is 18.9 Å². The monoisotopic (exact) mass is 377 g/mol. The number of carbonyl (C=O) groups is 1. The summed E-state index contributed by atoms with van der Waals surface area (Å²) in [6.45, 7) is 10.9. The summed E-state index contributed by atoms with van der Waals surface area (Å²) in [6.07, 6.45) is 2.24. The summed E-state index contributed by atoms with van der Waals surface area (Å²) < 4.78 is 23.5. The van der Waals surface area contributed by atoms with Crippen molar-refractivity contribution in [2.45, 2.75) is 53.0 Å².